The topological polar surface area (TPSA) is 98.1 Å². The van der Waals surface area contributed by atoms with Gasteiger partial charge in [0.15, 0.2) is 11.0 Å². The molecule has 8 nitrogen and oxygen atoms in total. The fraction of sp³-hybridized carbons (Fsp3) is 0.238. The number of methoxy groups -OCH3 is 1. The van der Waals surface area contributed by atoms with Gasteiger partial charge in [0.1, 0.15) is 5.75 Å². The molecule has 0 aliphatic carbocycles. The van der Waals surface area contributed by atoms with Crippen LogP contribution in [0.1, 0.15) is 23.1 Å². The largest absolute Gasteiger partial charge is 0.497 e. The summed E-state index contributed by atoms with van der Waals surface area (Å²) in [6.45, 7) is 2.77. The normalized spacial score (nSPS) is 10.6. The Kier molecular flexibility index (Phi) is 8.54. The second kappa shape index (κ2) is 11.3. The van der Waals surface area contributed by atoms with Crippen molar-refractivity contribution in [3.63, 3.8) is 0 Å². The molecule has 0 spiro atoms. The Morgan fingerprint density at radius 1 is 1.19 bits per heavy atom. The number of benzene rings is 2. The van der Waals surface area contributed by atoms with Crippen molar-refractivity contribution in [2.45, 2.75) is 25.2 Å². The van der Waals surface area contributed by atoms with Crippen LogP contribution in [0, 0.1) is 0 Å². The van der Waals surface area contributed by atoms with Gasteiger partial charge in [0, 0.05) is 22.3 Å². The van der Waals surface area contributed by atoms with E-state index in [9.17, 15) is 9.59 Å². The number of hydrogen-bond donors (Lipinski definition) is 2. The number of amides is 2. The van der Waals surface area contributed by atoms with Gasteiger partial charge < -0.3 is 19.9 Å². The third kappa shape index (κ3) is 6.24. The van der Waals surface area contributed by atoms with E-state index in [4.69, 9.17) is 16.3 Å². The maximum atomic E-state index is 12.4. The van der Waals surface area contributed by atoms with Crippen molar-refractivity contribution < 1.29 is 14.3 Å². The lowest BCUT2D eigenvalue weighted by Gasteiger charge is -2.09. The molecule has 168 valence electrons. The minimum atomic E-state index is -0.222. The van der Waals surface area contributed by atoms with E-state index in [1.54, 1.807) is 49.6 Å². The van der Waals surface area contributed by atoms with E-state index in [-0.39, 0.29) is 24.1 Å². The Morgan fingerprint density at radius 3 is 2.59 bits per heavy atom. The number of carbonyl (C=O) groups is 2. The molecule has 0 radical (unpaired) electrons. The number of thioether (sulfide) groups is 1. The summed E-state index contributed by atoms with van der Waals surface area (Å²) in [7, 11) is 1.57. The number of halogens is 2. The van der Waals surface area contributed by atoms with Crippen molar-refractivity contribution in [2.75, 3.05) is 18.2 Å². The highest BCUT2D eigenvalue weighted by molar-refractivity contribution is 9.10. The summed E-state index contributed by atoms with van der Waals surface area (Å²) in [6.07, 6.45) is 0. The average Bonchev–Trinajstić information content (AvgIpc) is 3.20. The fourth-order valence-electron chi connectivity index (χ4n) is 2.78. The van der Waals surface area contributed by atoms with E-state index in [0.29, 0.717) is 39.5 Å². The molecule has 0 bridgehead atoms. The van der Waals surface area contributed by atoms with Crippen LogP contribution in [0.3, 0.4) is 0 Å². The quantitative estimate of drug-likeness (QED) is 0.392. The Balaban J connectivity index is 1.56. The molecule has 0 atom stereocenters. The first kappa shape index (κ1) is 24.1. The molecule has 0 fully saturated rings. The van der Waals surface area contributed by atoms with Crippen LogP contribution in [-0.2, 0) is 17.9 Å². The van der Waals surface area contributed by atoms with Crippen molar-refractivity contribution >= 4 is 56.8 Å². The van der Waals surface area contributed by atoms with Crippen LogP contribution in [-0.4, -0.2) is 39.4 Å². The van der Waals surface area contributed by atoms with Crippen molar-refractivity contribution in [1.29, 1.82) is 0 Å². The highest BCUT2D eigenvalue weighted by atomic mass is 79.9. The molecule has 2 N–H and O–H groups in total. The number of rotatable bonds is 9. The van der Waals surface area contributed by atoms with Crippen LogP contribution < -0.4 is 15.4 Å². The predicted molar refractivity (Wildman–Crippen MR) is 128 cm³/mol. The monoisotopic (exact) mass is 537 g/mol. The second-order valence-electron chi connectivity index (χ2n) is 6.52. The van der Waals surface area contributed by atoms with Gasteiger partial charge in [0.25, 0.3) is 5.91 Å². The first-order valence-electron chi connectivity index (χ1n) is 9.63. The number of hydrogen-bond acceptors (Lipinski definition) is 6. The molecule has 0 saturated carbocycles. The lowest BCUT2D eigenvalue weighted by molar-refractivity contribution is -0.113. The number of nitrogens with one attached hydrogen (secondary N) is 2. The molecule has 1 heterocycles. The van der Waals surface area contributed by atoms with E-state index in [1.165, 1.54) is 11.8 Å². The minimum absolute atomic E-state index is 0.157. The van der Waals surface area contributed by atoms with Crippen molar-refractivity contribution in [3.05, 3.63) is 63.3 Å². The zero-order valence-electron chi connectivity index (χ0n) is 17.4. The van der Waals surface area contributed by atoms with Crippen molar-refractivity contribution in [3.8, 4) is 5.75 Å². The first-order chi connectivity index (χ1) is 15.4. The summed E-state index contributed by atoms with van der Waals surface area (Å²) in [5.41, 5.74) is 1.13. The number of anilines is 1. The maximum absolute atomic E-state index is 12.4. The molecule has 2 aromatic carbocycles. The van der Waals surface area contributed by atoms with Gasteiger partial charge in [-0.25, -0.2) is 0 Å². The Labute approximate surface area is 203 Å². The third-order valence-electron chi connectivity index (χ3n) is 4.40. The maximum Gasteiger partial charge on any atom is 0.251 e. The van der Waals surface area contributed by atoms with E-state index < -0.39 is 0 Å². The van der Waals surface area contributed by atoms with E-state index in [2.05, 4.69) is 36.8 Å². The molecule has 2 amide bonds. The summed E-state index contributed by atoms with van der Waals surface area (Å²) in [5.74, 6) is 1.04. The molecular weight excluding hydrogens is 518 g/mol. The van der Waals surface area contributed by atoms with E-state index >= 15 is 0 Å². The predicted octanol–water partition coefficient (Wildman–Crippen LogP) is 4.38. The van der Waals surface area contributed by atoms with Gasteiger partial charge in [-0.15, -0.1) is 10.2 Å². The van der Waals surface area contributed by atoms with E-state index in [1.807, 2.05) is 11.5 Å². The standard InChI is InChI=1S/C21H21BrClN5O3S/c1-3-28-18(11-24-20(30)13-4-7-15(31-2)8-5-13)26-27-21(28)32-12-19(29)25-14-6-9-16(22)17(23)10-14/h4-10H,3,11-12H2,1-2H3,(H,24,30)(H,25,29). The molecule has 11 heteroatoms. The van der Waals surface area contributed by atoms with Gasteiger partial charge in [-0.1, -0.05) is 23.4 Å². The summed E-state index contributed by atoms with van der Waals surface area (Å²) in [6, 6.07) is 12.0. The minimum Gasteiger partial charge on any atom is -0.497 e. The number of nitrogens with zero attached hydrogens (tertiary/aromatic N) is 3. The Morgan fingerprint density at radius 2 is 1.94 bits per heavy atom. The van der Waals surface area contributed by atoms with Gasteiger partial charge >= 0.3 is 0 Å². The first-order valence-corrected chi connectivity index (χ1v) is 11.8. The smallest absolute Gasteiger partial charge is 0.251 e. The third-order valence-corrected chi connectivity index (χ3v) is 6.60. The van der Waals surface area contributed by atoms with Gasteiger partial charge in [-0.05, 0) is 65.3 Å². The lowest BCUT2D eigenvalue weighted by Crippen LogP contribution is -2.24. The van der Waals surface area contributed by atoms with E-state index in [0.717, 1.165) is 4.47 Å². The van der Waals surface area contributed by atoms with Crippen LogP contribution >= 0.6 is 39.3 Å². The summed E-state index contributed by atoms with van der Waals surface area (Å²) >= 11 is 10.6. The van der Waals surface area contributed by atoms with Crippen LogP contribution in [0.25, 0.3) is 0 Å². The average molecular weight is 539 g/mol. The Bertz CT molecular complexity index is 1110. The number of carbonyl (C=O) groups excluding carboxylic acids is 2. The number of ether oxygens (including phenoxy) is 1. The zero-order chi connectivity index (χ0) is 23.1. The molecule has 32 heavy (non-hydrogen) atoms. The molecule has 0 saturated heterocycles. The lowest BCUT2D eigenvalue weighted by atomic mass is 10.2. The molecule has 1 aromatic heterocycles. The molecule has 0 unspecified atom stereocenters. The molecule has 3 rings (SSSR count). The van der Waals surface area contributed by atoms with Crippen LogP contribution in [0.5, 0.6) is 5.75 Å². The summed E-state index contributed by atoms with van der Waals surface area (Å²) in [5, 5.41) is 15.1. The van der Waals surface area contributed by atoms with Crippen LogP contribution in [0.4, 0.5) is 5.69 Å². The van der Waals surface area contributed by atoms with Gasteiger partial charge in [-0.2, -0.15) is 0 Å². The SMILES string of the molecule is CCn1c(CNC(=O)c2ccc(OC)cc2)nnc1SCC(=O)Nc1ccc(Br)c(Cl)c1. The van der Waals surface area contributed by atoms with Gasteiger partial charge in [0.2, 0.25) is 5.91 Å². The number of aromatic nitrogens is 3. The summed E-state index contributed by atoms with van der Waals surface area (Å²) < 4.78 is 7.72. The van der Waals surface area contributed by atoms with Crippen LogP contribution in [0.2, 0.25) is 5.02 Å². The van der Waals surface area contributed by atoms with Gasteiger partial charge in [0.05, 0.1) is 24.4 Å². The highest BCUT2D eigenvalue weighted by Crippen LogP contribution is 2.26. The summed E-state index contributed by atoms with van der Waals surface area (Å²) in [4.78, 5) is 24.7. The zero-order valence-corrected chi connectivity index (χ0v) is 20.6. The fourth-order valence-corrected chi connectivity index (χ4v) is 4.03. The second-order valence-corrected chi connectivity index (χ2v) is 8.72. The van der Waals surface area contributed by atoms with Crippen molar-refractivity contribution in [1.82, 2.24) is 20.1 Å². The molecule has 3 aromatic rings. The highest BCUT2D eigenvalue weighted by Gasteiger charge is 2.15. The molecule has 0 aliphatic rings. The van der Waals surface area contributed by atoms with Crippen molar-refractivity contribution in [2.24, 2.45) is 0 Å². The molecular formula is C21H21BrClN5O3S. The van der Waals surface area contributed by atoms with Gasteiger partial charge in [-0.3, -0.25) is 9.59 Å². The Hall–Kier alpha value is -2.56. The van der Waals surface area contributed by atoms with Crippen LogP contribution in [0.15, 0.2) is 52.1 Å². The molecule has 0 aliphatic heterocycles.